The SMILES string of the molecule is I.O=[C]=[Mo](=[C]=O)=[C]=O.[C-]1=CC=CC1. The van der Waals surface area contributed by atoms with Gasteiger partial charge < -0.3 is 0 Å². The van der Waals surface area contributed by atoms with Crippen LogP contribution in [0.4, 0.5) is 0 Å². The minimum absolute atomic E-state index is 0. The van der Waals surface area contributed by atoms with Gasteiger partial charge in [0.2, 0.25) is 0 Å². The third kappa shape index (κ3) is 9.55. The van der Waals surface area contributed by atoms with Gasteiger partial charge in [0.25, 0.3) is 0 Å². The van der Waals surface area contributed by atoms with Gasteiger partial charge >= 0.3 is 43.1 Å². The summed E-state index contributed by atoms with van der Waals surface area (Å²) in [5.74, 6) is 0. The third-order valence-electron chi connectivity index (χ3n) is 0.836. The molecule has 0 N–H and O–H groups in total. The van der Waals surface area contributed by atoms with Gasteiger partial charge in [0.1, 0.15) is 0 Å². The molecule has 0 amide bonds. The van der Waals surface area contributed by atoms with E-state index in [2.05, 4.69) is 12.2 Å². The molecule has 0 aromatic heterocycles. The van der Waals surface area contributed by atoms with Crippen LogP contribution >= 0.6 is 24.0 Å². The van der Waals surface area contributed by atoms with Gasteiger partial charge in [-0.15, -0.1) is 30.4 Å². The van der Waals surface area contributed by atoms with E-state index < -0.39 is 15.9 Å². The van der Waals surface area contributed by atoms with Gasteiger partial charge in [0.15, 0.2) is 0 Å². The van der Waals surface area contributed by atoms with Gasteiger partial charge in [0.05, 0.1) is 0 Å². The van der Waals surface area contributed by atoms with Crippen LogP contribution in [0.3, 0.4) is 0 Å². The quantitative estimate of drug-likeness (QED) is 0.358. The number of hydrogen-bond donors (Lipinski definition) is 0. The number of allylic oxidation sites excluding steroid dienone is 4. The van der Waals surface area contributed by atoms with E-state index in [1.165, 1.54) is 12.8 Å². The molecule has 0 saturated heterocycles. The standard InChI is InChI=1S/C5H5.3CO.HI.Mo/c1-2-4-5-3-1;3*1-2;;/h1-3H,4H2;;;;1H;/q-1;;;;;. The molecule has 1 aliphatic rings. The van der Waals surface area contributed by atoms with Crippen LogP contribution in [0.1, 0.15) is 6.42 Å². The second-order valence-electron chi connectivity index (χ2n) is 1.56. The molecule has 1 rings (SSSR count). The molecule has 0 saturated carbocycles. The first-order chi connectivity index (χ1) is 5.85. The number of carbonyl (C=O) groups excluding carboxylic acids is 3. The third-order valence-corrected chi connectivity index (χ3v) is 2.06. The molecular formula is C8H6IMoO3-. The summed E-state index contributed by atoms with van der Waals surface area (Å²) in [4.78, 5) is 28.2. The predicted molar refractivity (Wildman–Crippen MR) is 54.1 cm³/mol. The molecule has 5 heteroatoms. The fourth-order valence-corrected chi connectivity index (χ4v) is 0.642. The van der Waals surface area contributed by atoms with Gasteiger partial charge in [-0.05, 0) is 0 Å². The molecule has 0 atom stereocenters. The summed E-state index contributed by atoms with van der Waals surface area (Å²) in [5, 5.41) is 0. The van der Waals surface area contributed by atoms with Crippen LogP contribution in [0.15, 0.2) is 18.2 Å². The molecule has 0 heterocycles. The zero-order chi connectivity index (χ0) is 9.23. The van der Waals surface area contributed by atoms with Crippen LogP contribution in [0.5, 0.6) is 0 Å². The fraction of sp³-hybridized carbons (Fsp3) is 0.125. The van der Waals surface area contributed by atoms with Gasteiger partial charge in [-0.2, -0.15) is 6.08 Å². The maximum absolute atomic E-state index is 9.39. The monoisotopic (exact) mass is 375 g/mol. The van der Waals surface area contributed by atoms with Crippen molar-refractivity contribution < 1.29 is 30.3 Å². The molecule has 13 heavy (non-hydrogen) atoms. The van der Waals surface area contributed by atoms with E-state index in [1.54, 1.807) is 0 Å². The van der Waals surface area contributed by atoms with E-state index >= 15 is 0 Å². The summed E-state index contributed by atoms with van der Waals surface area (Å²) < 4.78 is 3.82. The fourth-order valence-electron chi connectivity index (χ4n) is 0.391. The van der Waals surface area contributed by atoms with E-state index in [0.717, 1.165) is 6.42 Å². The number of halogens is 1. The first kappa shape index (κ1) is 15.1. The maximum Gasteiger partial charge on any atom is -0.109 e. The molecule has 0 aromatic carbocycles. The minimum Gasteiger partial charge on any atom is -0.273 e. The van der Waals surface area contributed by atoms with Crippen LogP contribution in [-0.2, 0) is 30.3 Å². The van der Waals surface area contributed by atoms with Crippen molar-refractivity contribution in [1.29, 1.82) is 0 Å². The predicted octanol–water partition coefficient (Wildman–Crippen LogP) is 0.730. The molecule has 0 fully saturated rings. The molecule has 1 aliphatic carbocycles. The van der Waals surface area contributed by atoms with Crippen molar-refractivity contribution in [3.05, 3.63) is 24.3 Å². The van der Waals surface area contributed by atoms with Gasteiger partial charge in [-0.3, -0.25) is 6.08 Å². The van der Waals surface area contributed by atoms with E-state index in [9.17, 15) is 14.4 Å². The van der Waals surface area contributed by atoms with Crippen molar-refractivity contribution in [2.45, 2.75) is 6.42 Å². The van der Waals surface area contributed by atoms with E-state index in [0.29, 0.717) is 0 Å². The van der Waals surface area contributed by atoms with Crippen molar-refractivity contribution in [1.82, 2.24) is 0 Å². The summed E-state index contributed by atoms with van der Waals surface area (Å²) in [5.41, 5.74) is 0. The topological polar surface area (TPSA) is 51.2 Å². The molecule has 0 unspecified atom stereocenters. The van der Waals surface area contributed by atoms with Crippen LogP contribution < -0.4 is 0 Å². The average molecular weight is 373 g/mol. The second kappa shape index (κ2) is 11.6. The Morgan fingerprint density at radius 2 is 1.69 bits per heavy atom. The van der Waals surface area contributed by atoms with Gasteiger partial charge in [0, 0.05) is 0 Å². The van der Waals surface area contributed by atoms with Crippen molar-refractivity contribution in [3.8, 4) is 0 Å². The Labute approximate surface area is 97.2 Å². The summed E-state index contributed by atoms with van der Waals surface area (Å²) in [7, 11) is 0. The molecule has 3 nitrogen and oxygen atoms in total. The van der Waals surface area contributed by atoms with Gasteiger partial charge in [-0.25, -0.2) is 12.2 Å². The first-order valence-electron chi connectivity index (χ1n) is 2.94. The molecule has 0 bridgehead atoms. The summed E-state index contributed by atoms with van der Waals surface area (Å²) in [6.45, 7) is 0. The Kier molecular flexibility index (Phi) is 13.5. The van der Waals surface area contributed by atoms with E-state index in [4.69, 9.17) is 0 Å². The summed E-state index contributed by atoms with van der Waals surface area (Å²) >= 11 is -2.85. The van der Waals surface area contributed by atoms with Crippen molar-refractivity contribution in [2.24, 2.45) is 0 Å². The number of rotatable bonds is 0. The molecule has 0 aromatic rings. The van der Waals surface area contributed by atoms with Crippen LogP contribution in [0.2, 0.25) is 0 Å². The van der Waals surface area contributed by atoms with Gasteiger partial charge in [-0.1, -0.05) is 0 Å². The van der Waals surface area contributed by atoms with Crippen molar-refractivity contribution in [3.63, 3.8) is 0 Å². The number of hydrogen-bond acceptors (Lipinski definition) is 3. The minimum atomic E-state index is -2.85. The Bertz CT molecular complexity index is 345. The maximum atomic E-state index is 9.39. The summed E-state index contributed by atoms with van der Waals surface area (Å²) in [6.07, 6.45) is 10.0. The Morgan fingerprint density at radius 1 is 1.15 bits per heavy atom. The molecule has 0 spiro atoms. The normalized spacial score (nSPS) is 9.54. The largest absolute Gasteiger partial charge is 0.273 e. The Hall–Kier alpha value is -0.362. The van der Waals surface area contributed by atoms with Crippen LogP contribution in [0, 0.1) is 6.08 Å². The second-order valence-corrected chi connectivity index (χ2v) is 4.29. The molecule has 0 aliphatic heterocycles. The first-order valence-corrected chi connectivity index (χ1v) is 5.95. The molecule has 70 valence electrons. The van der Waals surface area contributed by atoms with Crippen molar-refractivity contribution in [2.75, 3.05) is 0 Å². The van der Waals surface area contributed by atoms with Crippen LogP contribution in [0.25, 0.3) is 0 Å². The smallest absolute Gasteiger partial charge is 0.109 e. The van der Waals surface area contributed by atoms with Crippen LogP contribution in [-0.4, -0.2) is 12.8 Å². The van der Waals surface area contributed by atoms with E-state index in [-0.39, 0.29) is 24.0 Å². The Balaban J connectivity index is 0. The van der Waals surface area contributed by atoms with E-state index in [1.807, 2.05) is 12.2 Å². The summed E-state index contributed by atoms with van der Waals surface area (Å²) in [6, 6.07) is 0. The molecule has 0 radical (unpaired) electrons. The van der Waals surface area contributed by atoms with Crippen molar-refractivity contribution >= 4 is 36.8 Å². The zero-order valence-corrected chi connectivity index (χ0v) is 10.8. The Morgan fingerprint density at radius 3 is 1.77 bits per heavy atom. The average Bonchev–Trinajstić information content (AvgIpc) is 2.64. The zero-order valence-electron chi connectivity index (χ0n) is 6.48. The molecular weight excluding hydrogens is 367 g/mol.